The second kappa shape index (κ2) is 8.46. The number of hydrogen-bond donors (Lipinski definition) is 0. The molecule has 5 rings (SSSR count). The van der Waals surface area contributed by atoms with Crippen molar-refractivity contribution in [3.8, 4) is 5.75 Å². The molecule has 0 N–H and O–H groups in total. The Kier molecular flexibility index (Phi) is 5.43. The zero-order valence-electron chi connectivity index (χ0n) is 18.6. The van der Waals surface area contributed by atoms with Gasteiger partial charge in [-0.3, -0.25) is 29.4 Å². The Labute approximate surface area is 199 Å². The maximum absolute atomic E-state index is 12.9. The highest BCUT2D eigenvalue weighted by molar-refractivity contribution is 6.22. The normalized spacial score (nSPS) is 24.0. The summed E-state index contributed by atoms with van der Waals surface area (Å²) in [6.45, 7) is -0.619. The van der Waals surface area contributed by atoms with Gasteiger partial charge in [-0.15, -0.1) is 0 Å². The van der Waals surface area contributed by atoms with Crippen LogP contribution < -0.4 is 9.64 Å². The number of ether oxygens (including phenoxy) is 2. The second-order valence-electron chi connectivity index (χ2n) is 8.70. The summed E-state index contributed by atoms with van der Waals surface area (Å²) in [5, 5.41) is 11.1. The molecule has 1 saturated carbocycles. The molecule has 2 aromatic carbocycles. The fourth-order valence-electron chi connectivity index (χ4n) is 5.21. The summed E-state index contributed by atoms with van der Waals surface area (Å²) < 4.78 is 9.97. The number of benzene rings is 2. The molecule has 3 aliphatic rings. The first-order valence-corrected chi connectivity index (χ1v) is 11.0. The zero-order valence-corrected chi connectivity index (χ0v) is 18.6. The highest BCUT2D eigenvalue weighted by atomic mass is 16.6. The van der Waals surface area contributed by atoms with E-state index in [-0.39, 0.29) is 58.0 Å². The fourth-order valence-corrected chi connectivity index (χ4v) is 5.21. The van der Waals surface area contributed by atoms with Crippen molar-refractivity contribution in [2.45, 2.75) is 6.42 Å². The van der Waals surface area contributed by atoms with Crippen LogP contribution in [-0.4, -0.2) is 42.2 Å². The average molecular weight is 476 g/mol. The Morgan fingerprint density at radius 2 is 1.60 bits per heavy atom. The molecule has 0 radical (unpaired) electrons. The number of fused-ring (bicyclic) bond motifs is 5. The van der Waals surface area contributed by atoms with Crippen LogP contribution in [0.25, 0.3) is 0 Å². The van der Waals surface area contributed by atoms with Gasteiger partial charge >= 0.3 is 11.7 Å². The van der Waals surface area contributed by atoms with E-state index in [0.717, 1.165) is 12.5 Å². The quantitative estimate of drug-likeness (QED) is 0.149. The lowest BCUT2D eigenvalue weighted by Crippen LogP contribution is -2.32. The van der Waals surface area contributed by atoms with E-state index >= 15 is 0 Å². The molecule has 2 fully saturated rings. The van der Waals surface area contributed by atoms with Crippen molar-refractivity contribution in [3.63, 3.8) is 0 Å². The minimum Gasteiger partial charge on any atom is -0.490 e. The number of hydrogen-bond acceptors (Lipinski definition) is 8. The van der Waals surface area contributed by atoms with Crippen LogP contribution in [0.3, 0.4) is 0 Å². The van der Waals surface area contributed by atoms with E-state index in [2.05, 4.69) is 0 Å². The highest BCUT2D eigenvalue weighted by Crippen LogP contribution is 2.53. The van der Waals surface area contributed by atoms with E-state index in [9.17, 15) is 29.3 Å². The Morgan fingerprint density at radius 3 is 2.17 bits per heavy atom. The number of allylic oxidation sites excluding steroid dienone is 2. The number of nitro groups is 1. The number of nitrogens with zero attached hydrogens (tertiary/aromatic N) is 2. The molecular weight excluding hydrogens is 456 g/mol. The molecule has 2 aliphatic carbocycles. The Hall–Kier alpha value is -4.34. The Bertz CT molecular complexity index is 1270. The molecule has 0 aromatic heterocycles. The van der Waals surface area contributed by atoms with E-state index in [1.54, 1.807) is 0 Å². The van der Waals surface area contributed by atoms with Crippen LogP contribution in [0.2, 0.25) is 0 Å². The molecule has 178 valence electrons. The van der Waals surface area contributed by atoms with Gasteiger partial charge < -0.3 is 9.47 Å². The molecular formula is C25H20N2O8. The second-order valence-corrected chi connectivity index (χ2v) is 8.70. The van der Waals surface area contributed by atoms with Gasteiger partial charge in [0.1, 0.15) is 0 Å². The smallest absolute Gasteiger partial charge is 0.338 e. The number of amides is 2. The molecule has 1 heterocycles. The molecule has 2 aromatic rings. The number of rotatable bonds is 7. The number of esters is 1. The SMILES string of the molecule is COc1ccc(C(=O)COC(=O)c2ccc(N3C(=O)[C@@H]4[C@H](C3=O)[C@H]3C=C[C@H]4C3)cc2)cc1[N+](=O)[O-]. The average Bonchev–Trinajstić information content (AvgIpc) is 3.55. The number of imide groups is 1. The van der Waals surface area contributed by atoms with Crippen molar-refractivity contribution in [1.82, 2.24) is 0 Å². The summed E-state index contributed by atoms with van der Waals surface area (Å²) in [7, 11) is 1.28. The molecule has 2 amide bonds. The van der Waals surface area contributed by atoms with E-state index in [1.807, 2.05) is 12.2 Å². The lowest BCUT2D eigenvalue weighted by molar-refractivity contribution is -0.385. The molecule has 1 aliphatic heterocycles. The standard InChI is InChI=1S/C25H20N2O8/c1-34-20-9-6-14(11-18(20)27(32)33)19(28)12-35-25(31)13-4-7-17(8-5-13)26-23(29)21-15-2-3-16(10-15)22(21)24(26)30/h2-9,11,15-16,21-22H,10,12H2,1H3/t15-,16-,21-,22+/m0/s1. The first-order chi connectivity index (χ1) is 16.8. The van der Waals surface area contributed by atoms with Gasteiger partial charge in [-0.2, -0.15) is 0 Å². The van der Waals surface area contributed by atoms with E-state index in [4.69, 9.17) is 9.47 Å². The Balaban J connectivity index is 1.24. The van der Waals surface area contributed by atoms with Crippen LogP contribution in [0.4, 0.5) is 11.4 Å². The lowest BCUT2D eigenvalue weighted by Gasteiger charge is -2.17. The van der Waals surface area contributed by atoms with Crippen LogP contribution in [0, 0.1) is 33.8 Å². The highest BCUT2D eigenvalue weighted by Gasteiger charge is 2.59. The molecule has 2 bridgehead atoms. The first kappa shape index (κ1) is 22.5. The van der Waals surface area contributed by atoms with Gasteiger partial charge in [-0.05, 0) is 54.7 Å². The van der Waals surface area contributed by atoms with Gasteiger partial charge in [-0.25, -0.2) is 4.79 Å². The largest absolute Gasteiger partial charge is 0.490 e. The van der Waals surface area contributed by atoms with E-state index in [0.29, 0.717) is 5.69 Å². The summed E-state index contributed by atoms with van der Waals surface area (Å²) in [5.74, 6) is -2.27. The summed E-state index contributed by atoms with van der Waals surface area (Å²) in [5.41, 5.74) is 0.134. The van der Waals surface area contributed by atoms with Crippen molar-refractivity contribution < 1.29 is 33.6 Å². The van der Waals surface area contributed by atoms with E-state index in [1.165, 1.54) is 48.4 Å². The van der Waals surface area contributed by atoms with Gasteiger partial charge in [0.25, 0.3) is 0 Å². The van der Waals surface area contributed by atoms with Gasteiger partial charge in [0, 0.05) is 11.6 Å². The van der Waals surface area contributed by atoms with Crippen LogP contribution in [0.5, 0.6) is 5.75 Å². The molecule has 0 spiro atoms. The summed E-state index contributed by atoms with van der Waals surface area (Å²) in [6.07, 6.45) is 4.88. The third-order valence-electron chi connectivity index (χ3n) is 6.86. The van der Waals surface area contributed by atoms with Crippen LogP contribution in [-0.2, 0) is 14.3 Å². The molecule has 4 atom stereocenters. The van der Waals surface area contributed by atoms with Crippen molar-refractivity contribution >= 4 is 34.9 Å². The predicted molar refractivity (Wildman–Crippen MR) is 121 cm³/mol. The van der Waals surface area contributed by atoms with Gasteiger partial charge in [-0.1, -0.05) is 12.2 Å². The summed E-state index contributed by atoms with van der Waals surface area (Å²) in [4.78, 5) is 62.3. The fraction of sp³-hybridized carbons (Fsp3) is 0.280. The van der Waals surface area contributed by atoms with Crippen molar-refractivity contribution in [2.24, 2.45) is 23.7 Å². The minimum absolute atomic E-state index is 0.000659. The number of methoxy groups -OCH3 is 1. The molecule has 1 saturated heterocycles. The number of nitro benzene ring substituents is 1. The summed E-state index contributed by atoms with van der Waals surface area (Å²) in [6, 6.07) is 9.53. The number of carbonyl (C=O) groups excluding carboxylic acids is 4. The van der Waals surface area contributed by atoms with Crippen molar-refractivity contribution in [3.05, 3.63) is 75.9 Å². The van der Waals surface area contributed by atoms with Crippen LogP contribution >= 0.6 is 0 Å². The Morgan fingerprint density at radius 1 is 1.00 bits per heavy atom. The zero-order chi connectivity index (χ0) is 24.9. The number of Topliss-reactive ketones (excluding diaryl/α,β-unsaturated/α-hetero) is 1. The monoisotopic (exact) mass is 476 g/mol. The van der Waals surface area contributed by atoms with Crippen LogP contribution in [0.15, 0.2) is 54.6 Å². The third-order valence-corrected chi connectivity index (χ3v) is 6.86. The van der Waals surface area contributed by atoms with Gasteiger partial charge in [0.15, 0.2) is 12.4 Å². The van der Waals surface area contributed by atoms with Crippen molar-refractivity contribution in [2.75, 3.05) is 18.6 Å². The number of carbonyl (C=O) groups is 4. The van der Waals surface area contributed by atoms with E-state index < -0.39 is 23.3 Å². The number of anilines is 1. The molecule has 10 heteroatoms. The van der Waals surface area contributed by atoms with Crippen LogP contribution in [0.1, 0.15) is 27.1 Å². The molecule has 10 nitrogen and oxygen atoms in total. The summed E-state index contributed by atoms with van der Waals surface area (Å²) >= 11 is 0. The van der Waals surface area contributed by atoms with Gasteiger partial charge in [0.05, 0.1) is 35.1 Å². The maximum atomic E-state index is 12.9. The maximum Gasteiger partial charge on any atom is 0.338 e. The third kappa shape index (κ3) is 3.67. The first-order valence-electron chi connectivity index (χ1n) is 11.0. The van der Waals surface area contributed by atoms with Gasteiger partial charge in [0.2, 0.25) is 17.6 Å². The predicted octanol–water partition coefficient (Wildman–Crippen LogP) is 2.95. The molecule has 0 unspecified atom stereocenters. The van der Waals surface area contributed by atoms with Crippen molar-refractivity contribution in [1.29, 1.82) is 0 Å². The molecule has 35 heavy (non-hydrogen) atoms. The topological polar surface area (TPSA) is 133 Å². The number of ketones is 1. The minimum atomic E-state index is -0.786. The lowest BCUT2D eigenvalue weighted by atomic mass is 9.85.